The van der Waals surface area contributed by atoms with Crippen LogP contribution in [-0.2, 0) is 4.84 Å². The fourth-order valence-corrected chi connectivity index (χ4v) is 2.77. The number of H-pyrrole nitrogens is 1. The van der Waals surface area contributed by atoms with Crippen LogP contribution in [0.25, 0.3) is 11.3 Å². The van der Waals surface area contributed by atoms with Gasteiger partial charge in [0.05, 0.1) is 5.71 Å². The van der Waals surface area contributed by atoms with E-state index in [1.54, 1.807) is 7.11 Å². The van der Waals surface area contributed by atoms with E-state index in [4.69, 9.17) is 4.84 Å². The second kappa shape index (κ2) is 5.95. The highest BCUT2D eigenvalue weighted by Crippen LogP contribution is 2.32. The number of nitrogens with one attached hydrogen (secondary N) is 1. The van der Waals surface area contributed by atoms with Crippen LogP contribution in [0.15, 0.2) is 47.8 Å². The molecular formula is C17H19N2O. The molecule has 3 rings (SSSR count). The summed E-state index contributed by atoms with van der Waals surface area (Å²) in [6, 6.07) is 12.9. The van der Waals surface area contributed by atoms with Gasteiger partial charge in [0.25, 0.3) is 0 Å². The maximum Gasteiger partial charge on any atom is 0.106 e. The maximum atomic E-state index is 4.86. The second-order valence-electron chi connectivity index (χ2n) is 5.11. The molecule has 103 valence electrons. The van der Waals surface area contributed by atoms with Crippen molar-refractivity contribution in [2.24, 2.45) is 5.16 Å². The molecular weight excluding hydrogens is 248 g/mol. The Morgan fingerprint density at radius 3 is 2.50 bits per heavy atom. The molecule has 1 radical (unpaired) electrons. The second-order valence-corrected chi connectivity index (χ2v) is 5.11. The van der Waals surface area contributed by atoms with Gasteiger partial charge in [-0.1, -0.05) is 23.4 Å². The van der Waals surface area contributed by atoms with E-state index in [0.717, 1.165) is 25.7 Å². The molecule has 0 saturated heterocycles. The van der Waals surface area contributed by atoms with Gasteiger partial charge in [0, 0.05) is 17.8 Å². The molecule has 0 amide bonds. The van der Waals surface area contributed by atoms with Crippen LogP contribution in [0, 0.1) is 5.92 Å². The summed E-state index contributed by atoms with van der Waals surface area (Å²) in [4.78, 5) is 8.13. The number of aromatic nitrogens is 1. The van der Waals surface area contributed by atoms with Crippen molar-refractivity contribution in [3.8, 4) is 11.3 Å². The summed E-state index contributed by atoms with van der Waals surface area (Å²) in [5.74, 6) is 1.52. The van der Waals surface area contributed by atoms with Gasteiger partial charge in [-0.05, 0) is 55.0 Å². The highest BCUT2D eigenvalue weighted by atomic mass is 16.6. The van der Waals surface area contributed by atoms with Gasteiger partial charge in [-0.3, -0.25) is 0 Å². The number of hydrogen-bond acceptors (Lipinski definition) is 2. The Hall–Kier alpha value is -2.03. The van der Waals surface area contributed by atoms with Crippen LogP contribution in [0.1, 0.15) is 31.2 Å². The van der Waals surface area contributed by atoms with Crippen molar-refractivity contribution < 1.29 is 4.84 Å². The molecule has 1 aromatic carbocycles. The summed E-state index contributed by atoms with van der Waals surface area (Å²) < 4.78 is 0. The van der Waals surface area contributed by atoms with Gasteiger partial charge in [-0.2, -0.15) is 0 Å². The molecule has 0 aliphatic heterocycles. The van der Waals surface area contributed by atoms with E-state index >= 15 is 0 Å². The van der Waals surface area contributed by atoms with Crippen molar-refractivity contribution in [1.29, 1.82) is 0 Å². The molecule has 1 heterocycles. The predicted molar refractivity (Wildman–Crippen MR) is 81.5 cm³/mol. The molecule has 3 heteroatoms. The summed E-state index contributed by atoms with van der Waals surface area (Å²) in [6.07, 6.45) is 6.14. The van der Waals surface area contributed by atoms with Crippen molar-refractivity contribution in [3.05, 3.63) is 54.1 Å². The molecule has 1 N–H and O–H groups in total. The number of aromatic amines is 1. The lowest BCUT2D eigenvalue weighted by atomic mass is 9.82. The normalized spacial score (nSPS) is 16.1. The number of benzene rings is 1. The first-order valence-corrected chi connectivity index (χ1v) is 7.04. The predicted octanol–water partition coefficient (Wildman–Crippen LogP) is 4.18. The smallest absolute Gasteiger partial charge is 0.106 e. The molecule has 1 aromatic heterocycles. The number of nitrogens with zero attached hydrogens (tertiary/aromatic N) is 1. The Labute approximate surface area is 119 Å². The van der Waals surface area contributed by atoms with Crippen LogP contribution < -0.4 is 0 Å². The third-order valence-corrected chi connectivity index (χ3v) is 3.83. The first-order chi connectivity index (χ1) is 9.86. The zero-order valence-corrected chi connectivity index (χ0v) is 11.7. The quantitative estimate of drug-likeness (QED) is 0.832. The standard InChI is InChI=1S/C17H19N2O/c1-20-19-16-9-7-13(8-10-16)14-4-2-5-15(12-14)17-6-3-11-18-17/h2-6,11-12,18H,7-10H2,1H3. The van der Waals surface area contributed by atoms with Gasteiger partial charge in [-0.15, -0.1) is 0 Å². The van der Waals surface area contributed by atoms with E-state index in [0.29, 0.717) is 0 Å². The Kier molecular flexibility index (Phi) is 3.86. The molecule has 0 atom stereocenters. The van der Waals surface area contributed by atoms with Gasteiger partial charge < -0.3 is 9.82 Å². The van der Waals surface area contributed by atoms with Gasteiger partial charge in [0.2, 0.25) is 0 Å². The summed E-state index contributed by atoms with van der Waals surface area (Å²) in [7, 11) is 1.62. The van der Waals surface area contributed by atoms with Gasteiger partial charge in [0.15, 0.2) is 0 Å². The lowest BCUT2D eigenvalue weighted by Crippen LogP contribution is -2.13. The average molecular weight is 267 g/mol. The maximum absolute atomic E-state index is 4.86. The minimum atomic E-state index is 1.01. The van der Waals surface area contributed by atoms with Crippen LogP contribution in [-0.4, -0.2) is 17.8 Å². The van der Waals surface area contributed by atoms with Crippen molar-refractivity contribution >= 4 is 5.71 Å². The van der Waals surface area contributed by atoms with Crippen LogP contribution in [0.5, 0.6) is 0 Å². The molecule has 0 spiro atoms. The third kappa shape index (κ3) is 2.77. The van der Waals surface area contributed by atoms with Crippen LogP contribution in [0.4, 0.5) is 0 Å². The molecule has 20 heavy (non-hydrogen) atoms. The first-order valence-electron chi connectivity index (χ1n) is 7.04. The highest BCUT2D eigenvalue weighted by Gasteiger charge is 2.20. The SMILES string of the molecule is CON=C1CC[C](c2cccc(-c3ccc[nH]3)c2)CC1. The van der Waals surface area contributed by atoms with Crippen molar-refractivity contribution in [2.45, 2.75) is 25.7 Å². The van der Waals surface area contributed by atoms with E-state index in [-0.39, 0.29) is 0 Å². The summed E-state index contributed by atoms with van der Waals surface area (Å²) in [5.41, 5.74) is 4.95. The van der Waals surface area contributed by atoms with E-state index < -0.39 is 0 Å². The first kappa shape index (κ1) is 13.0. The Balaban J connectivity index is 1.75. The Morgan fingerprint density at radius 2 is 1.80 bits per heavy atom. The van der Waals surface area contributed by atoms with Crippen molar-refractivity contribution in [1.82, 2.24) is 4.98 Å². The van der Waals surface area contributed by atoms with Gasteiger partial charge in [-0.25, -0.2) is 0 Å². The monoisotopic (exact) mass is 267 g/mol. The van der Waals surface area contributed by atoms with E-state index in [1.807, 2.05) is 12.3 Å². The van der Waals surface area contributed by atoms with Crippen LogP contribution in [0.2, 0.25) is 0 Å². The summed E-state index contributed by atoms with van der Waals surface area (Å²) >= 11 is 0. The lowest BCUT2D eigenvalue weighted by Gasteiger charge is -2.22. The molecule has 2 aromatic rings. The zero-order chi connectivity index (χ0) is 13.8. The van der Waals surface area contributed by atoms with E-state index in [1.165, 1.54) is 28.5 Å². The molecule has 1 aliphatic carbocycles. The zero-order valence-electron chi connectivity index (χ0n) is 11.7. The molecule has 0 unspecified atom stereocenters. The lowest BCUT2D eigenvalue weighted by molar-refractivity contribution is 0.211. The van der Waals surface area contributed by atoms with Crippen molar-refractivity contribution in [3.63, 3.8) is 0 Å². The molecule has 1 saturated carbocycles. The molecule has 0 bridgehead atoms. The van der Waals surface area contributed by atoms with Crippen molar-refractivity contribution in [2.75, 3.05) is 7.11 Å². The Bertz CT molecular complexity index is 577. The number of oxime groups is 1. The summed E-state index contributed by atoms with van der Waals surface area (Å²) in [6.45, 7) is 0. The number of hydrogen-bond donors (Lipinski definition) is 1. The minimum Gasteiger partial charge on any atom is -0.399 e. The number of rotatable bonds is 3. The Morgan fingerprint density at radius 1 is 1.00 bits per heavy atom. The fraction of sp³-hybridized carbons (Fsp3) is 0.294. The third-order valence-electron chi connectivity index (χ3n) is 3.83. The highest BCUT2D eigenvalue weighted by molar-refractivity contribution is 5.85. The fourth-order valence-electron chi connectivity index (χ4n) is 2.77. The molecule has 1 fully saturated rings. The van der Waals surface area contributed by atoms with Crippen LogP contribution in [0.3, 0.4) is 0 Å². The average Bonchev–Trinajstić information content (AvgIpc) is 3.03. The van der Waals surface area contributed by atoms with Gasteiger partial charge in [0.1, 0.15) is 7.11 Å². The van der Waals surface area contributed by atoms with Gasteiger partial charge >= 0.3 is 0 Å². The van der Waals surface area contributed by atoms with Crippen LogP contribution >= 0.6 is 0 Å². The van der Waals surface area contributed by atoms with E-state index in [9.17, 15) is 0 Å². The largest absolute Gasteiger partial charge is 0.399 e. The summed E-state index contributed by atoms with van der Waals surface area (Å²) in [5, 5.41) is 4.07. The van der Waals surface area contributed by atoms with E-state index in [2.05, 4.69) is 40.5 Å². The topological polar surface area (TPSA) is 37.4 Å². The molecule has 3 nitrogen and oxygen atoms in total. The molecule has 1 aliphatic rings. The minimum absolute atomic E-state index is 1.01.